The first-order chi connectivity index (χ1) is 16.0. The number of nitrogens with one attached hydrogen (secondary N) is 1. The van der Waals surface area contributed by atoms with E-state index in [1.165, 1.54) is 48.1 Å². The second kappa shape index (κ2) is 12.7. The topological polar surface area (TPSA) is 72.2 Å². The second-order valence-corrected chi connectivity index (χ2v) is 9.69. The molecule has 4 nitrogen and oxygen atoms in total. The standard InChI is InChI=1S/C27H31ClN2O2S/c1-2-3-4-5-8-19-11-13-20(14-12-19)15-16-21-17-23(27(33-21)30-25(31)18-29)26(32)22-9-6-7-10-24(22)28/h6-7,9-14,17H,2-5,8,15-16,18,29H2,1H3,(H,30,31). The normalized spacial score (nSPS) is 10.9. The van der Waals surface area contributed by atoms with Crippen LogP contribution in [0.2, 0.25) is 5.02 Å². The Hall–Kier alpha value is -2.47. The average molecular weight is 483 g/mol. The third kappa shape index (κ3) is 7.26. The number of nitrogens with two attached hydrogens (primary N) is 1. The molecule has 0 saturated heterocycles. The first-order valence-electron chi connectivity index (χ1n) is 11.5. The summed E-state index contributed by atoms with van der Waals surface area (Å²) in [6.45, 7) is 2.09. The summed E-state index contributed by atoms with van der Waals surface area (Å²) in [6, 6.07) is 17.6. The van der Waals surface area contributed by atoms with E-state index in [-0.39, 0.29) is 18.2 Å². The van der Waals surface area contributed by atoms with Gasteiger partial charge in [-0.05, 0) is 55.0 Å². The number of anilines is 1. The first-order valence-corrected chi connectivity index (χ1v) is 12.7. The molecule has 0 spiro atoms. The van der Waals surface area contributed by atoms with Crippen LogP contribution >= 0.6 is 22.9 Å². The summed E-state index contributed by atoms with van der Waals surface area (Å²) in [5.41, 5.74) is 8.97. The zero-order valence-electron chi connectivity index (χ0n) is 19.0. The van der Waals surface area contributed by atoms with E-state index >= 15 is 0 Å². The van der Waals surface area contributed by atoms with Gasteiger partial charge < -0.3 is 11.1 Å². The largest absolute Gasteiger partial charge is 0.322 e. The van der Waals surface area contributed by atoms with Crippen molar-refractivity contribution in [2.75, 3.05) is 11.9 Å². The van der Waals surface area contributed by atoms with Crippen LogP contribution in [0.25, 0.3) is 0 Å². The van der Waals surface area contributed by atoms with Crippen molar-refractivity contribution in [1.82, 2.24) is 0 Å². The molecule has 0 aliphatic rings. The predicted octanol–water partition coefficient (Wildman–Crippen LogP) is 6.44. The number of hydrogen-bond acceptors (Lipinski definition) is 4. The lowest BCUT2D eigenvalue weighted by Gasteiger charge is -2.05. The van der Waals surface area contributed by atoms with Gasteiger partial charge in [-0.2, -0.15) is 0 Å². The molecular weight excluding hydrogens is 452 g/mol. The van der Waals surface area contributed by atoms with E-state index in [9.17, 15) is 9.59 Å². The Morgan fingerprint density at radius 3 is 2.27 bits per heavy atom. The number of thiophene rings is 1. The molecule has 0 saturated carbocycles. The molecule has 33 heavy (non-hydrogen) atoms. The maximum Gasteiger partial charge on any atom is 0.238 e. The SMILES string of the molecule is CCCCCCc1ccc(CCc2cc(C(=O)c3ccccc3Cl)c(NC(=O)CN)s2)cc1. The Bertz CT molecular complexity index is 1080. The molecule has 1 aromatic heterocycles. The fourth-order valence-electron chi connectivity index (χ4n) is 3.69. The van der Waals surface area contributed by atoms with Crippen LogP contribution < -0.4 is 11.1 Å². The summed E-state index contributed by atoms with van der Waals surface area (Å²) in [5, 5.41) is 3.69. The monoisotopic (exact) mass is 482 g/mol. The number of halogens is 1. The number of benzene rings is 2. The van der Waals surface area contributed by atoms with E-state index in [4.69, 9.17) is 17.3 Å². The molecule has 3 N–H and O–H groups in total. The van der Waals surface area contributed by atoms with Gasteiger partial charge in [0.05, 0.1) is 17.1 Å². The van der Waals surface area contributed by atoms with Crippen LogP contribution in [0.1, 0.15) is 64.5 Å². The molecule has 0 aliphatic heterocycles. The van der Waals surface area contributed by atoms with Crippen molar-refractivity contribution in [2.24, 2.45) is 5.73 Å². The molecule has 174 valence electrons. The second-order valence-electron chi connectivity index (χ2n) is 8.14. The van der Waals surface area contributed by atoms with Crippen molar-refractivity contribution in [3.63, 3.8) is 0 Å². The summed E-state index contributed by atoms with van der Waals surface area (Å²) in [5.74, 6) is -0.533. The fraction of sp³-hybridized carbons (Fsp3) is 0.333. The van der Waals surface area contributed by atoms with E-state index in [1.54, 1.807) is 24.3 Å². The molecule has 0 bridgehead atoms. The minimum atomic E-state index is -0.328. The van der Waals surface area contributed by atoms with Gasteiger partial charge in [-0.3, -0.25) is 9.59 Å². The highest BCUT2D eigenvalue weighted by molar-refractivity contribution is 7.16. The van der Waals surface area contributed by atoms with Crippen molar-refractivity contribution < 1.29 is 9.59 Å². The van der Waals surface area contributed by atoms with E-state index in [0.717, 1.165) is 24.1 Å². The van der Waals surface area contributed by atoms with Crippen LogP contribution in [0.15, 0.2) is 54.6 Å². The fourth-order valence-corrected chi connectivity index (χ4v) is 4.98. The van der Waals surface area contributed by atoms with Gasteiger partial charge in [0.2, 0.25) is 5.91 Å². The Morgan fingerprint density at radius 1 is 0.909 bits per heavy atom. The van der Waals surface area contributed by atoms with Crippen LogP contribution in [0.3, 0.4) is 0 Å². The van der Waals surface area contributed by atoms with Crippen molar-refractivity contribution >= 4 is 39.6 Å². The maximum atomic E-state index is 13.1. The Labute approximate surface area is 205 Å². The lowest BCUT2D eigenvalue weighted by molar-refractivity contribution is -0.114. The van der Waals surface area contributed by atoms with E-state index in [2.05, 4.69) is 36.5 Å². The third-order valence-corrected chi connectivity index (χ3v) is 7.03. The van der Waals surface area contributed by atoms with Gasteiger partial charge in [-0.25, -0.2) is 0 Å². The number of amides is 1. The van der Waals surface area contributed by atoms with Crippen LogP contribution in [-0.2, 0) is 24.1 Å². The lowest BCUT2D eigenvalue weighted by Crippen LogP contribution is -2.22. The van der Waals surface area contributed by atoms with Crippen LogP contribution in [0.5, 0.6) is 0 Å². The molecule has 0 fully saturated rings. The number of carbonyl (C=O) groups is 2. The Morgan fingerprint density at radius 2 is 1.61 bits per heavy atom. The van der Waals surface area contributed by atoms with E-state index in [0.29, 0.717) is 21.2 Å². The molecule has 2 aromatic carbocycles. The molecule has 1 amide bonds. The van der Waals surface area contributed by atoms with Gasteiger partial charge in [-0.15, -0.1) is 11.3 Å². The van der Waals surface area contributed by atoms with E-state index < -0.39 is 0 Å². The van der Waals surface area contributed by atoms with Gasteiger partial charge in [-0.1, -0.05) is 74.2 Å². The van der Waals surface area contributed by atoms with Crippen molar-refractivity contribution in [2.45, 2.75) is 51.9 Å². The molecule has 0 atom stereocenters. The minimum absolute atomic E-state index is 0.141. The summed E-state index contributed by atoms with van der Waals surface area (Å²) < 4.78 is 0. The molecular formula is C27H31ClN2O2S. The number of ketones is 1. The third-order valence-electron chi connectivity index (χ3n) is 5.59. The minimum Gasteiger partial charge on any atom is -0.322 e. The summed E-state index contributed by atoms with van der Waals surface area (Å²) in [6.07, 6.45) is 7.85. The Kier molecular flexibility index (Phi) is 9.67. The van der Waals surface area contributed by atoms with Crippen molar-refractivity contribution in [1.29, 1.82) is 0 Å². The molecule has 6 heteroatoms. The highest BCUT2D eigenvalue weighted by Crippen LogP contribution is 2.32. The highest BCUT2D eigenvalue weighted by Gasteiger charge is 2.20. The highest BCUT2D eigenvalue weighted by atomic mass is 35.5. The number of rotatable bonds is 12. The molecule has 3 rings (SSSR count). The van der Waals surface area contributed by atoms with Gasteiger partial charge in [0.15, 0.2) is 5.78 Å². The van der Waals surface area contributed by atoms with Gasteiger partial charge in [0.1, 0.15) is 5.00 Å². The number of hydrogen-bond donors (Lipinski definition) is 2. The molecule has 3 aromatic rings. The average Bonchev–Trinajstić information content (AvgIpc) is 3.23. The van der Waals surface area contributed by atoms with Crippen molar-refractivity contribution in [3.8, 4) is 0 Å². The van der Waals surface area contributed by atoms with Gasteiger partial charge in [0, 0.05) is 10.4 Å². The van der Waals surface area contributed by atoms with E-state index in [1.807, 2.05) is 6.07 Å². The summed E-state index contributed by atoms with van der Waals surface area (Å²) in [4.78, 5) is 26.1. The molecule has 0 aliphatic carbocycles. The lowest BCUT2D eigenvalue weighted by atomic mass is 10.0. The molecule has 0 radical (unpaired) electrons. The number of unbranched alkanes of at least 4 members (excludes halogenated alkanes) is 3. The zero-order chi connectivity index (χ0) is 23.6. The molecule has 1 heterocycles. The van der Waals surface area contributed by atoms with Crippen LogP contribution in [0.4, 0.5) is 5.00 Å². The zero-order valence-corrected chi connectivity index (χ0v) is 20.6. The summed E-state index contributed by atoms with van der Waals surface area (Å²) in [7, 11) is 0. The predicted molar refractivity (Wildman–Crippen MR) is 139 cm³/mol. The number of aryl methyl sites for hydroxylation is 3. The van der Waals surface area contributed by atoms with Gasteiger partial charge >= 0.3 is 0 Å². The van der Waals surface area contributed by atoms with Crippen LogP contribution in [0, 0.1) is 0 Å². The maximum absolute atomic E-state index is 13.1. The Balaban J connectivity index is 1.70. The first kappa shape index (κ1) is 25.2. The van der Waals surface area contributed by atoms with Gasteiger partial charge in [0.25, 0.3) is 0 Å². The smallest absolute Gasteiger partial charge is 0.238 e. The molecule has 0 unspecified atom stereocenters. The van der Waals surface area contributed by atoms with Crippen molar-refractivity contribution in [3.05, 3.63) is 86.8 Å². The quantitative estimate of drug-likeness (QED) is 0.230. The summed E-state index contributed by atoms with van der Waals surface area (Å²) >= 11 is 7.66. The number of carbonyl (C=O) groups excluding carboxylic acids is 2. The van der Waals surface area contributed by atoms with Crippen LogP contribution in [-0.4, -0.2) is 18.2 Å².